The van der Waals surface area contributed by atoms with Gasteiger partial charge in [0.1, 0.15) is 5.82 Å². The highest BCUT2D eigenvalue weighted by molar-refractivity contribution is 5.89. The summed E-state index contributed by atoms with van der Waals surface area (Å²) in [7, 11) is 1.61. The number of ether oxygens (including phenoxy) is 1. The Morgan fingerprint density at radius 3 is 2.61 bits per heavy atom. The molecule has 0 spiro atoms. The van der Waals surface area contributed by atoms with E-state index in [1.165, 1.54) is 0 Å². The molecule has 0 saturated heterocycles. The number of rotatable bonds is 8. The van der Waals surface area contributed by atoms with E-state index in [4.69, 9.17) is 9.72 Å². The molecular formula is C25H26N4O2. The summed E-state index contributed by atoms with van der Waals surface area (Å²) in [6, 6.07) is 26.2. The molecule has 4 rings (SSSR count). The molecule has 0 aliphatic heterocycles. The highest BCUT2D eigenvalue weighted by Gasteiger charge is 2.12. The van der Waals surface area contributed by atoms with Crippen molar-refractivity contribution in [2.24, 2.45) is 0 Å². The minimum absolute atomic E-state index is 0.236. The molecule has 2 amide bonds. The van der Waals surface area contributed by atoms with Gasteiger partial charge in [0, 0.05) is 31.5 Å². The zero-order valence-corrected chi connectivity index (χ0v) is 17.5. The highest BCUT2D eigenvalue weighted by Crippen LogP contribution is 2.23. The van der Waals surface area contributed by atoms with Crippen molar-refractivity contribution >= 4 is 22.8 Å². The number of amides is 2. The van der Waals surface area contributed by atoms with Gasteiger partial charge < -0.3 is 15.4 Å². The number of nitrogens with zero attached hydrogens (tertiary/aromatic N) is 2. The van der Waals surface area contributed by atoms with Crippen LogP contribution in [0.25, 0.3) is 16.7 Å². The quantitative estimate of drug-likeness (QED) is 0.415. The van der Waals surface area contributed by atoms with Gasteiger partial charge in [-0.2, -0.15) is 0 Å². The summed E-state index contributed by atoms with van der Waals surface area (Å²) in [6.45, 7) is 0.952. The maximum atomic E-state index is 12.0. The average molecular weight is 415 g/mol. The Bertz CT molecular complexity index is 1150. The molecule has 4 aromatic rings. The maximum Gasteiger partial charge on any atom is 0.319 e. The Hall–Kier alpha value is -3.64. The second-order valence-corrected chi connectivity index (χ2v) is 7.26. The number of hydrogen-bond donors (Lipinski definition) is 2. The van der Waals surface area contributed by atoms with Crippen molar-refractivity contribution in [1.82, 2.24) is 14.9 Å². The number of carbonyl (C=O) groups is 1. The van der Waals surface area contributed by atoms with Crippen molar-refractivity contribution in [2.75, 3.05) is 25.6 Å². The Labute approximate surface area is 181 Å². The second kappa shape index (κ2) is 9.91. The number of aryl methyl sites for hydroxylation is 2. The average Bonchev–Trinajstić information content (AvgIpc) is 3.17. The van der Waals surface area contributed by atoms with Crippen LogP contribution in [0.15, 0.2) is 78.9 Å². The monoisotopic (exact) mass is 414 g/mol. The molecule has 0 bridgehead atoms. The van der Waals surface area contributed by atoms with Crippen LogP contribution in [0.3, 0.4) is 0 Å². The van der Waals surface area contributed by atoms with Gasteiger partial charge >= 0.3 is 6.03 Å². The molecule has 0 aliphatic rings. The maximum absolute atomic E-state index is 12.0. The molecular weight excluding hydrogens is 388 g/mol. The van der Waals surface area contributed by atoms with E-state index < -0.39 is 0 Å². The van der Waals surface area contributed by atoms with E-state index >= 15 is 0 Å². The van der Waals surface area contributed by atoms with Crippen molar-refractivity contribution in [3.63, 3.8) is 0 Å². The lowest BCUT2D eigenvalue weighted by Crippen LogP contribution is -2.31. The van der Waals surface area contributed by atoms with Crippen molar-refractivity contribution in [2.45, 2.75) is 12.8 Å². The minimum Gasteiger partial charge on any atom is -0.383 e. The van der Waals surface area contributed by atoms with Crippen molar-refractivity contribution in [3.8, 4) is 5.69 Å². The molecule has 0 fully saturated rings. The lowest BCUT2D eigenvalue weighted by atomic mass is 10.1. The van der Waals surface area contributed by atoms with E-state index in [-0.39, 0.29) is 6.03 Å². The third kappa shape index (κ3) is 5.10. The van der Waals surface area contributed by atoms with E-state index in [9.17, 15) is 4.79 Å². The van der Waals surface area contributed by atoms with Crippen LogP contribution in [0.4, 0.5) is 10.5 Å². The standard InChI is InChI=1S/C25H26N4O2/c1-31-17-16-26-25(30)27-20-9-7-8-19(18-20)14-15-24-28-22-12-5-6-13-23(22)29(24)21-10-3-2-4-11-21/h2-13,18H,14-17H2,1H3,(H2,26,27,30). The molecule has 0 unspecified atom stereocenters. The van der Waals surface area contributed by atoms with E-state index in [1.54, 1.807) is 7.11 Å². The molecule has 0 radical (unpaired) electrons. The van der Waals surface area contributed by atoms with Gasteiger partial charge in [0.25, 0.3) is 0 Å². The van der Waals surface area contributed by atoms with Gasteiger partial charge in [0.2, 0.25) is 0 Å². The van der Waals surface area contributed by atoms with Crippen LogP contribution >= 0.6 is 0 Å². The molecule has 2 N–H and O–H groups in total. The van der Waals surface area contributed by atoms with E-state index in [0.29, 0.717) is 13.2 Å². The zero-order valence-electron chi connectivity index (χ0n) is 17.5. The number of aromatic nitrogens is 2. The van der Waals surface area contributed by atoms with Crippen molar-refractivity contribution in [3.05, 3.63) is 90.3 Å². The molecule has 31 heavy (non-hydrogen) atoms. The summed E-state index contributed by atoms with van der Waals surface area (Å²) in [5, 5.41) is 5.63. The van der Waals surface area contributed by atoms with Crippen LogP contribution in [-0.2, 0) is 17.6 Å². The number of para-hydroxylation sites is 3. The number of anilines is 1. The van der Waals surface area contributed by atoms with Crippen LogP contribution in [-0.4, -0.2) is 35.8 Å². The van der Waals surface area contributed by atoms with Crippen LogP contribution in [0, 0.1) is 0 Å². The summed E-state index contributed by atoms with van der Waals surface area (Å²) in [6.07, 6.45) is 1.60. The third-order valence-electron chi connectivity index (χ3n) is 5.06. The van der Waals surface area contributed by atoms with Gasteiger partial charge in [-0.05, 0) is 48.4 Å². The van der Waals surface area contributed by atoms with E-state index in [2.05, 4.69) is 39.5 Å². The molecule has 6 nitrogen and oxygen atoms in total. The van der Waals surface area contributed by atoms with Crippen molar-refractivity contribution < 1.29 is 9.53 Å². The Balaban J connectivity index is 1.50. The first-order chi connectivity index (χ1) is 15.2. The number of imidazole rings is 1. The normalized spacial score (nSPS) is 10.9. The fourth-order valence-electron chi connectivity index (χ4n) is 3.61. The van der Waals surface area contributed by atoms with E-state index in [0.717, 1.165) is 46.6 Å². The Morgan fingerprint density at radius 2 is 1.77 bits per heavy atom. The molecule has 3 aromatic carbocycles. The van der Waals surface area contributed by atoms with Crippen LogP contribution in [0.5, 0.6) is 0 Å². The molecule has 6 heteroatoms. The van der Waals surface area contributed by atoms with Crippen LogP contribution in [0.1, 0.15) is 11.4 Å². The third-order valence-corrected chi connectivity index (χ3v) is 5.06. The molecule has 0 aliphatic carbocycles. The lowest BCUT2D eigenvalue weighted by Gasteiger charge is -2.11. The van der Waals surface area contributed by atoms with Gasteiger partial charge in [-0.1, -0.05) is 42.5 Å². The molecule has 0 saturated carbocycles. The Kier molecular flexibility index (Phi) is 6.59. The number of benzene rings is 3. The van der Waals surface area contributed by atoms with Gasteiger partial charge in [-0.25, -0.2) is 9.78 Å². The minimum atomic E-state index is -0.236. The summed E-state index contributed by atoms with van der Waals surface area (Å²) < 4.78 is 7.17. The van der Waals surface area contributed by atoms with Crippen LogP contribution in [0.2, 0.25) is 0 Å². The predicted molar refractivity (Wildman–Crippen MR) is 124 cm³/mol. The number of methoxy groups -OCH3 is 1. The Morgan fingerprint density at radius 1 is 0.968 bits per heavy atom. The van der Waals surface area contributed by atoms with Crippen LogP contribution < -0.4 is 10.6 Å². The molecule has 1 aromatic heterocycles. The second-order valence-electron chi connectivity index (χ2n) is 7.26. The van der Waals surface area contributed by atoms with E-state index in [1.807, 2.05) is 54.6 Å². The molecule has 158 valence electrons. The summed E-state index contributed by atoms with van der Waals surface area (Å²) in [5.74, 6) is 1.02. The fourth-order valence-corrected chi connectivity index (χ4v) is 3.61. The number of hydrogen-bond acceptors (Lipinski definition) is 3. The largest absolute Gasteiger partial charge is 0.383 e. The van der Waals surface area contributed by atoms with Gasteiger partial charge in [0.15, 0.2) is 0 Å². The molecule has 0 atom stereocenters. The van der Waals surface area contributed by atoms with Gasteiger partial charge in [0.05, 0.1) is 17.6 Å². The molecule has 1 heterocycles. The first-order valence-electron chi connectivity index (χ1n) is 10.4. The number of fused-ring (bicyclic) bond motifs is 1. The smallest absolute Gasteiger partial charge is 0.319 e. The fraction of sp³-hybridized carbons (Fsp3) is 0.200. The SMILES string of the molecule is COCCNC(=O)Nc1cccc(CCc2nc3ccccc3n2-c2ccccc2)c1. The summed E-state index contributed by atoms with van der Waals surface area (Å²) >= 11 is 0. The first-order valence-corrected chi connectivity index (χ1v) is 10.4. The first kappa shape index (κ1) is 20.6. The highest BCUT2D eigenvalue weighted by atomic mass is 16.5. The number of carbonyl (C=O) groups excluding carboxylic acids is 1. The number of urea groups is 1. The summed E-state index contributed by atoms with van der Waals surface area (Å²) in [5.41, 5.74) is 5.11. The summed E-state index contributed by atoms with van der Waals surface area (Å²) in [4.78, 5) is 16.9. The lowest BCUT2D eigenvalue weighted by molar-refractivity contribution is 0.198. The number of nitrogens with one attached hydrogen (secondary N) is 2. The van der Waals surface area contributed by atoms with Gasteiger partial charge in [-0.15, -0.1) is 0 Å². The van der Waals surface area contributed by atoms with Gasteiger partial charge in [-0.3, -0.25) is 4.57 Å². The topological polar surface area (TPSA) is 68.2 Å². The zero-order chi connectivity index (χ0) is 21.5. The predicted octanol–water partition coefficient (Wildman–Crippen LogP) is 4.58. The van der Waals surface area contributed by atoms with Crippen molar-refractivity contribution in [1.29, 1.82) is 0 Å².